The average Bonchev–Trinajstić information content (AvgIpc) is 2.29. The van der Waals surface area contributed by atoms with Crippen molar-refractivity contribution in [3.63, 3.8) is 0 Å². The van der Waals surface area contributed by atoms with E-state index in [-0.39, 0.29) is 0 Å². The fourth-order valence-electron chi connectivity index (χ4n) is 1.02. The van der Waals surface area contributed by atoms with Crippen LogP contribution in [0.25, 0.3) is 6.08 Å². The second-order valence-corrected chi connectivity index (χ2v) is 2.88. The van der Waals surface area contributed by atoms with Gasteiger partial charge in [0.25, 0.3) is 0 Å². The van der Waals surface area contributed by atoms with Crippen molar-refractivity contribution >= 4 is 24.5 Å². The van der Waals surface area contributed by atoms with Gasteiger partial charge in [-0.25, -0.2) is 0 Å². The van der Waals surface area contributed by atoms with Crippen LogP contribution in [-0.4, -0.2) is 13.8 Å². The lowest BCUT2D eigenvalue weighted by Crippen LogP contribution is -1.80. The summed E-state index contributed by atoms with van der Waals surface area (Å²) in [5.41, 5.74) is 6.84. The summed E-state index contributed by atoms with van der Waals surface area (Å²) in [6, 6.07) is 5.93. The van der Waals surface area contributed by atoms with E-state index in [1.165, 1.54) is 12.6 Å². The van der Waals surface area contributed by atoms with Gasteiger partial charge in [0, 0.05) is 5.02 Å². The van der Waals surface area contributed by atoms with E-state index < -0.39 is 0 Å². The number of benzene rings is 1. The van der Waals surface area contributed by atoms with E-state index >= 15 is 0 Å². The van der Waals surface area contributed by atoms with Crippen LogP contribution in [0.4, 0.5) is 0 Å². The maximum atomic E-state index is 8.00. The molecule has 2 nitrogen and oxygen atoms in total. The lowest BCUT2D eigenvalue weighted by atomic mass is 10.1. The largest absolute Gasteiger partial charge is 0.333 e. The number of carbonyl (C=O) groups excluding carboxylic acids is 1. The maximum Gasteiger partial charge on any atom is 0.106 e. The van der Waals surface area contributed by atoms with Gasteiger partial charge in [-0.05, 0) is 38.1 Å². The molecule has 0 amide bonds. The van der Waals surface area contributed by atoms with Crippen LogP contribution >= 0.6 is 11.6 Å². The molecule has 0 saturated heterocycles. The van der Waals surface area contributed by atoms with Gasteiger partial charge in [0.1, 0.15) is 6.79 Å². The molecule has 1 aromatic rings. The van der Waals surface area contributed by atoms with Crippen LogP contribution in [0.3, 0.4) is 0 Å². The van der Waals surface area contributed by atoms with Crippen molar-refractivity contribution in [1.82, 2.24) is 0 Å². The SMILES string of the molecule is C/C=C/c1c(C)cccc1Cl.C=O.CN. The predicted molar refractivity (Wildman–Crippen MR) is 68.1 cm³/mol. The summed E-state index contributed by atoms with van der Waals surface area (Å²) >= 11 is 5.96. The molecule has 0 aliphatic heterocycles. The third-order valence-corrected chi connectivity index (χ3v) is 1.93. The molecule has 0 aliphatic carbocycles. The lowest BCUT2D eigenvalue weighted by Gasteiger charge is -2.01. The molecule has 1 rings (SSSR count). The first kappa shape index (κ1) is 16.3. The minimum Gasteiger partial charge on any atom is -0.333 e. The molecule has 0 atom stereocenters. The first-order valence-electron chi connectivity index (χ1n) is 4.50. The van der Waals surface area contributed by atoms with Gasteiger partial charge >= 0.3 is 0 Å². The molecular formula is C12H18ClNO. The minimum absolute atomic E-state index is 0.822. The van der Waals surface area contributed by atoms with Crippen LogP contribution in [0.15, 0.2) is 24.3 Å². The Kier molecular flexibility index (Phi) is 11.9. The molecule has 1 aromatic carbocycles. The van der Waals surface area contributed by atoms with E-state index in [1.807, 2.05) is 38.0 Å². The number of hydrogen-bond donors (Lipinski definition) is 1. The summed E-state index contributed by atoms with van der Waals surface area (Å²) in [5, 5.41) is 0.822. The number of hydrogen-bond acceptors (Lipinski definition) is 2. The molecule has 0 heterocycles. The summed E-state index contributed by atoms with van der Waals surface area (Å²) in [4.78, 5) is 8.00. The molecule has 0 fully saturated rings. The second kappa shape index (κ2) is 11.0. The predicted octanol–water partition coefficient (Wildman–Crippen LogP) is 3.07. The van der Waals surface area contributed by atoms with Crippen LogP contribution in [-0.2, 0) is 4.79 Å². The van der Waals surface area contributed by atoms with Crippen LogP contribution in [0.2, 0.25) is 5.02 Å². The number of halogens is 1. The molecule has 0 spiro atoms. The van der Waals surface area contributed by atoms with Crippen molar-refractivity contribution in [2.75, 3.05) is 7.05 Å². The standard InChI is InChI=1S/C10H11Cl.CH5N.CH2O/c1-3-5-9-8(2)6-4-7-10(9)11;2*1-2/h3-7H,1-2H3;2H2,1H3;1H2/b5-3+;;. The van der Waals surface area contributed by atoms with Gasteiger partial charge in [-0.3, -0.25) is 0 Å². The number of aryl methyl sites for hydroxylation is 1. The van der Waals surface area contributed by atoms with Gasteiger partial charge in [0.2, 0.25) is 0 Å². The van der Waals surface area contributed by atoms with Crippen molar-refractivity contribution < 1.29 is 4.79 Å². The van der Waals surface area contributed by atoms with Crippen molar-refractivity contribution in [1.29, 1.82) is 0 Å². The number of nitrogens with two attached hydrogens (primary N) is 1. The highest BCUT2D eigenvalue weighted by Crippen LogP contribution is 2.20. The molecule has 0 saturated carbocycles. The monoisotopic (exact) mass is 227 g/mol. The molecule has 0 bridgehead atoms. The molecule has 0 aliphatic rings. The second-order valence-electron chi connectivity index (χ2n) is 2.47. The van der Waals surface area contributed by atoms with Crippen molar-refractivity contribution in [2.24, 2.45) is 5.73 Å². The van der Waals surface area contributed by atoms with Crippen molar-refractivity contribution in [2.45, 2.75) is 13.8 Å². The Morgan fingerprint density at radius 2 is 1.87 bits per heavy atom. The molecule has 84 valence electrons. The van der Waals surface area contributed by atoms with Gasteiger partial charge in [0.15, 0.2) is 0 Å². The summed E-state index contributed by atoms with van der Waals surface area (Å²) in [6.45, 7) is 6.05. The van der Waals surface area contributed by atoms with Crippen LogP contribution < -0.4 is 5.73 Å². The van der Waals surface area contributed by atoms with Gasteiger partial charge < -0.3 is 10.5 Å². The number of rotatable bonds is 1. The van der Waals surface area contributed by atoms with E-state index in [4.69, 9.17) is 16.4 Å². The van der Waals surface area contributed by atoms with E-state index in [1.54, 1.807) is 0 Å². The highest BCUT2D eigenvalue weighted by atomic mass is 35.5. The molecule has 3 heteroatoms. The van der Waals surface area contributed by atoms with Gasteiger partial charge in [0.05, 0.1) is 0 Å². The zero-order chi connectivity index (χ0) is 12.3. The van der Waals surface area contributed by atoms with E-state index in [0.717, 1.165) is 10.6 Å². The lowest BCUT2D eigenvalue weighted by molar-refractivity contribution is -0.0979. The minimum atomic E-state index is 0.822. The van der Waals surface area contributed by atoms with Crippen LogP contribution in [0.5, 0.6) is 0 Å². The Balaban J connectivity index is 0. The molecule has 2 N–H and O–H groups in total. The van der Waals surface area contributed by atoms with Gasteiger partial charge in [-0.15, -0.1) is 0 Å². The van der Waals surface area contributed by atoms with Gasteiger partial charge in [-0.2, -0.15) is 0 Å². The van der Waals surface area contributed by atoms with E-state index in [0.29, 0.717) is 0 Å². The summed E-state index contributed by atoms with van der Waals surface area (Å²) in [6.07, 6.45) is 4.02. The summed E-state index contributed by atoms with van der Waals surface area (Å²) < 4.78 is 0. The first-order chi connectivity index (χ1) is 7.25. The molecule has 0 unspecified atom stereocenters. The van der Waals surface area contributed by atoms with Crippen LogP contribution in [0.1, 0.15) is 18.1 Å². The first-order valence-corrected chi connectivity index (χ1v) is 4.88. The number of carbonyl (C=O) groups is 1. The molecule has 0 aromatic heterocycles. The highest BCUT2D eigenvalue weighted by Gasteiger charge is 1.97. The Bertz CT molecular complexity index is 277. The zero-order valence-electron chi connectivity index (χ0n) is 9.46. The Hall–Kier alpha value is -1.12. The van der Waals surface area contributed by atoms with Crippen molar-refractivity contribution in [3.05, 3.63) is 40.4 Å². The Morgan fingerprint density at radius 3 is 2.27 bits per heavy atom. The normalized spacial score (nSPS) is 8.60. The molecule has 0 radical (unpaired) electrons. The third-order valence-electron chi connectivity index (χ3n) is 1.60. The Morgan fingerprint density at radius 1 is 1.33 bits per heavy atom. The van der Waals surface area contributed by atoms with Gasteiger partial charge in [-0.1, -0.05) is 35.9 Å². The number of allylic oxidation sites excluding steroid dienone is 1. The zero-order valence-corrected chi connectivity index (χ0v) is 10.2. The van der Waals surface area contributed by atoms with E-state index in [9.17, 15) is 0 Å². The average molecular weight is 228 g/mol. The maximum absolute atomic E-state index is 8.00. The topological polar surface area (TPSA) is 43.1 Å². The fourth-order valence-corrected chi connectivity index (χ4v) is 1.31. The summed E-state index contributed by atoms with van der Waals surface area (Å²) in [7, 11) is 1.50. The van der Waals surface area contributed by atoms with Crippen molar-refractivity contribution in [3.8, 4) is 0 Å². The molecular weight excluding hydrogens is 210 g/mol. The fraction of sp³-hybridized carbons (Fsp3) is 0.250. The third kappa shape index (κ3) is 6.05. The Labute approximate surface area is 96.7 Å². The van der Waals surface area contributed by atoms with Crippen LogP contribution in [0, 0.1) is 6.92 Å². The smallest absolute Gasteiger partial charge is 0.106 e. The summed E-state index contributed by atoms with van der Waals surface area (Å²) in [5.74, 6) is 0. The van der Waals surface area contributed by atoms with E-state index in [2.05, 4.69) is 18.7 Å². The highest BCUT2D eigenvalue weighted by molar-refractivity contribution is 6.32. The molecule has 15 heavy (non-hydrogen) atoms. The quantitative estimate of drug-likeness (QED) is 0.801.